The molecular weight excluding hydrogens is 316 g/mol. The number of rotatable bonds is 7. The van der Waals surface area contributed by atoms with Gasteiger partial charge in [-0.25, -0.2) is 0 Å². The van der Waals surface area contributed by atoms with Crippen molar-refractivity contribution in [3.63, 3.8) is 0 Å². The van der Waals surface area contributed by atoms with Gasteiger partial charge in [0, 0.05) is 25.2 Å². The van der Waals surface area contributed by atoms with E-state index >= 15 is 0 Å². The molecule has 3 rings (SSSR count). The Labute approximate surface area is 150 Å². The number of hydrogen-bond donors (Lipinski definition) is 1. The number of unbranched alkanes of at least 4 members (excludes halogenated alkanes) is 1. The van der Waals surface area contributed by atoms with Gasteiger partial charge in [-0.2, -0.15) is 0 Å². The van der Waals surface area contributed by atoms with Crippen molar-refractivity contribution >= 4 is 5.91 Å². The first-order chi connectivity index (χ1) is 12.2. The van der Waals surface area contributed by atoms with Crippen molar-refractivity contribution in [2.75, 3.05) is 33.4 Å². The largest absolute Gasteiger partial charge is 0.493 e. The van der Waals surface area contributed by atoms with E-state index in [4.69, 9.17) is 9.47 Å². The van der Waals surface area contributed by atoms with Crippen LogP contribution in [0.15, 0.2) is 18.2 Å². The van der Waals surface area contributed by atoms with E-state index in [0.29, 0.717) is 6.61 Å². The maximum atomic E-state index is 12.4. The van der Waals surface area contributed by atoms with Gasteiger partial charge in [-0.3, -0.25) is 9.69 Å². The Hall–Kier alpha value is -1.75. The van der Waals surface area contributed by atoms with Gasteiger partial charge in [-0.05, 0) is 38.3 Å². The van der Waals surface area contributed by atoms with Gasteiger partial charge in [0.05, 0.1) is 19.1 Å². The zero-order valence-corrected chi connectivity index (χ0v) is 15.5. The Morgan fingerprint density at radius 2 is 2.20 bits per heavy atom. The molecule has 0 bridgehead atoms. The zero-order chi connectivity index (χ0) is 17.7. The van der Waals surface area contributed by atoms with Crippen molar-refractivity contribution in [1.82, 2.24) is 10.2 Å². The minimum absolute atomic E-state index is 0.180. The number of carbonyl (C=O) groups excluding carboxylic acids is 1. The molecule has 0 radical (unpaired) electrons. The third-order valence-corrected chi connectivity index (χ3v) is 5.45. The fourth-order valence-corrected chi connectivity index (χ4v) is 3.98. The van der Waals surface area contributed by atoms with E-state index in [0.717, 1.165) is 75.3 Å². The van der Waals surface area contributed by atoms with Crippen LogP contribution < -0.4 is 14.8 Å². The molecule has 5 nitrogen and oxygen atoms in total. The monoisotopic (exact) mass is 346 g/mol. The average Bonchev–Trinajstić information content (AvgIpc) is 3.02. The maximum absolute atomic E-state index is 12.4. The van der Waals surface area contributed by atoms with Crippen molar-refractivity contribution in [3.05, 3.63) is 23.8 Å². The summed E-state index contributed by atoms with van der Waals surface area (Å²) in [6.07, 6.45) is 5.19. The van der Waals surface area contributed by atoms with Gasteiger partial charge >= 0.3 is 0 Å². The standard InChI is InChI=1S/C20H30N2O3/c1-3-4-13-25-18-16(7-5-8-17(18)24-2)14-22-12-10-20(15-22)9-6-11-21-19(20)23/h5,7-8H,3-4,6,9-15H2,1-2H3,(H,21,23)/t20-/m1/s1. The summed E-state index contributed by atoms with van der Waals surface area (Å²) < 4.78 is 11.5. The van der Waals surface area contributed by atoms with Crippen LogP contribution in [0.1, 0.15) is 44.6 Å². The number of piperidine rings is 1. The second-order valence-corrected chi connectivity index (χ2v) is 7.25. The number of likely N-dealkylation sites (tertiary alicyclic amines) is 1. The molecule has 1 N–H and O–H groups in total. The summed E-state index contributed by atoms with van der Waals surface area (Å²) >= 11 is 0. The lowest BCUT2D eigenvalue weighted by Crippen LogP contribution is -2.47. The molecule has 1 atom stereocenters. The van der Waals surface area contributed by atoms with Gasteiger partial charge in [-0.1, -0.05) is 25.5 Å². The summed E-state index contributed by atoms with van der Waals surface area (Å²) in [5, 5.41) is 3.05. The summed E-state index contributed by atoms with van der Waals surface area (Å²) in [5.74, 6) is 1.89. The van der Waals surface area contributed by atoms with Gasteiger partial charge in [-0.15, -0.1) is 0 Å². The predicted molar refractivity (Wildman–Crippen MR) is 98.0 cm³/mol. The van der Waals surface area contributed by atoms with Crippen molar-refractivity contribution in [3.8, 4) is 11.5 Å². The van der Waals surface area contributed by atoms with E-state index in [1.54, 1.807) is 7.11 Å². The maximum Gasteiger partial charge on any atom is 0.227 e. The van der Waals surface area contributed by atoms with Crippen molar-refractivity contribution in [2.45, 2.75) is 45.6 Å². The Morgan fingerprint density at radius 1 is 1.32 bits per heavy atom. The summed E-state index contributed by atoms with van der Waals surface area (Å²) in [7, 11) is 1.68. The van der Waals surface area contributed by atoms with Crippen LogP contribution in [0, 0.1) is 5.41 Å². The summed E-state index contributed by atoms with van der Waals surface area (Å²) in [6, 6.07) is 6.07. The zero-order valence-electron chi connectivity index (χ0n) is 15.5. The second-order valence-electron chi connectivity index (χ2n) is 7.25. The Kier molecular flexibility index (Phi) is 5.84. The quantitative estimate of drug-likeness (QED) is 0.771. The smallest absolute Gasteiger partial charge is 0.227 e. The van der Waals surface area contributed by atoms with E-state index in [1.807, 2.05) is 12.1 Å². The fraction of sp³-hybridized carbons (Fsp3) is 0.650. The molecular formula is C20H30N2O3. The van der Waals surface area contributed by atoms with Crippen molar-refractivity contribution in [2.24, 2.45) is 5.41 Å². The molecule has 138 valence electrons. The van der Waals surface area contributed by atoms with Crippen LogP contribution >= 0.6 is 0 Å². The van der Waals surface area contributed by atoms with Gasteiger partial charge in [0.25, 0.3) is 0 Å². The first kappa shape index (κ1) is 18.1. The topological polar surface area (TPSA) is 50.8 Å². The first-order valence-electron chi connectivity index (χ1n) is 9.48. The number of methoxy groups -OCH3 is 1. The van der Waals surface area contributed by atoms with Crippen LogP contribution in [0.5, 0.6) is 11.5 Å². The Balaban J connectivity index is 1.71. The normalized spacial score (nSPS) is 23.7. The third-order valence-electron chi connectivity index (χ3n) is 5.45. The summed E-state index contributed by atoms with van der Waals surface area (Å²) in [4.78, 5) is 14.8. The summed E-state index contributed by atoms with van der Waals surface area (Å²) in [6.45, 7) is 6.28. The van der Waals surface area contributed by atoms with E-state index in [2.05, 4.69) is 23.2 Å². The highest BCUT2D eigenvalue weighted by Gasteiger charge is 2.45. The van der Waals surface area contributed by atoms with E-state index in [9.17, 15) is 4.79 Å². The Morgan fingerprint density at radius 3 is 2.96 bits per heavy atom. The van der Waals surface area contributed by atoms with Crippen LogP contribution in [0.25, 0.3) is 0 Å². The molecule has 2 saturated heterocycles. The van der Waals surface area contributed by atoms with Crippen LogP contribution in [0.4, 0.5) is 0 Å². The molecule has 2 aliphatic rings. The van der Waals surface area contributed by atoms with Crippen LogP contribution in [-0.2, 0) is 11.3 Å². The molecule has 0 saturated carbocycles. The molecule has 2 heterocycles. The van der Waals surface area contributed by atoms with Crippen LogP contribution in [0.2, 0.25) is 0 Å². The molecule has 0 aliphatic carbocycles. The van der Waals surface area contributed by atoms with Gasteiger partial charge in [0.1, 0.15) is 0 Å². The molecule has 1 aromatic carbocycles. The SMILES string of the molecule is CCCCOc1c(CN2CC[C@]3(CCCNC3=O)C2)cccc1OC. The molecule has 25 heavy (non-hydrogen) atoms. The highest BCUT2D eigenvalue weighted by atomic mass is 16.5. The van der Waals surface area contributed by atoms with Crippen LogP contribution in [0.3, 0.4) is 0 Å². The van der Waals surface area contributed by atoms with Crippen LogP contribution in [-0.4, -0.2) is 44.2 Å². The third kappa shape index (κ3) is 3.92. The number of nitrogens with one attached hydrogen (secondary N) is 1. The number of nitrogens with zero attached hydrogens (tertiary/aromatic N) is 1. The molecule has 5 heteroatoms. The number of benzene rings is 1. The molecule has 2 fully saturated rings. The number of para-hydroxylation sites is 1. The highest BCUT2D eigenvalue weighted by Crippen LogP contribution is 2.39. The first-order valence-corrected chi connectivity index (χ1v) is 9.48. The molecule has 1 aromatic rings. The molecule has 1 amide bonds. The number of hydrogen-bond acceptors (Lipinski definition) is 4. The van der Waals surface area contributed by atoms with E-state index in [1.165, 1.54) is 0 Å². The second kappa shape index (κ2) is 8.09. The lowest BCUT2D eigenvalue weighted by Gasteiger charge is -2.32. The van der Waals surface area contributed by atoms with Gasteiger partial charge < -0.3 is 14.8 Å². The average molecular weight is 346 g/mol. The molecule has 0 unspecified atom stereocenters. The molecule has 0 aromatic heterocycles. The van der Waals surface area contributed by atoms with Crippen molar-refractivity contribution < 1.29 is 14.3 Å². The summed E-state index contributed by atoms with van der Waals surface area (Å²) in [5.41, 5.74) is 0.962. The van der Waals surface area contributed by atoms with Gasteiger partial charge in [0.2, 0.25) is 5.91 Å². The number of amides is 1. The lowest BCUT2D eigenvalue weighted by atomic mass is 9.79. The minimum atomic E-state index is -0.180. The number of ether oxygens (including phenoxy) is 2. The number of carbonyl (C=O) groups is 1. The minimum Gasteiger partial charge on any atom is -0.493 e. The Bertz CT molecular complexity index is 605. The van der Waals surface area contributed by atoms with Crippen molar-refractivity contribution in [1.29, 1.82) is 0 Å². The lowest BCUT2D eigenvalue weighted by molar-refractivity contribution is -0.132. The van der Waals surface area contributed by atoms with E-state index < -0.39 is 0 Å². The van der Waals surface area contributed by atoms with Gasteiger partial charge in [0.15, 0.2) is 11.5 Å². The molecule has 1 spiro atoms. The predicted octanol–water partition coefficient (Wildman–Crippen LogP) is 2.98. The van der Waals surface area contributed by atoms with E-state index in [-0.39, 0.29) is 11.3 Å². The highest BCUT2D eigenvalue weighted by molar-refractivity contribution is 5.84. The molecule has 2 aliphatic heterocycles. The fourth-order valence-electron chi connectivity index (χ4n) is 3.98.